The molecule has 3 rings (SSSR count). The minimum Gasteiger partial charge on any atom is -0.351 e. The van der Waals surface area contributed by atoms with E-state index in [1.165, 1.54) is 16.9 Å². The first-order valence-corrected chi connectivity index (χ1v) is 11.0. The Morgan fingerprint density at radius 1 is 1.00 bits per heavy atom. The van der Waals surface area contributed by atoms with Crippen molar-refractivity contribution < 1.29 is 9.59 Å². The smallest absolute Gasteiger partial charge is 0.261 e. The van der Waals surface area contributed by atoms with Gasteiger partial charge in [0.1, 0.15) is 0 Å². The topological polar surface area (TPSA) is 52.7 Å². The molecule has 0 bridgehead atoms. The molecule has 28 heavy (non-hydrogen) atoms. The van der Waals surface area contributed by atoms with Gasteiger partial charge >= 0.3 is 0 Å². The van der Waals surface area contributed by atoms with E-state index in [2.05, 4.69) is 40.5 Å². The van der Waals surface area contributed by atoms with Gasteiger partial charge in [-0.25, -0.2) is 0 Å². The predicted molar refractivity (Wildman–Crippen MR) is 114 cm³/mol. The van der Waals surface area contributed by atoms with Crippen molar-refractivity contribution in [3.63, 3.8) is 0 Å². The molecule has 1 aromatic heterocycles. The maximum Gasteiger partial charge on any atom is 0.261 e. The van der Waals surface area contributed by atoms with Crippen LogP contribution in [-0.4, -0.2) is 60.9 Å². The lowest BCUT2D eigenvalue weighted by molar-refractivity contribution is -0.130. The lowest BCUT2D eigenvalue weighted by atomic mass is 10.1. The zero-order valence-electron chi connectivity index (χ0n) is 16.3. The van der Waals surface area contributed by atoms with E-state index in [-0.39, 0.29) is 11.8 Å². The Morgan fingerprint density at radius 2 is 1.86 bits per heavy atom. The fourth-order valence-corrected chi connectivity index (χ4v) is 4.17. The molecule has 0 unspecified atom stereocenters. The first-order valence-electron chi connectivity index (χ1n) is 10.1. The van der Waals surface area contributed by atoms with Gasteiger partial charge < -0.3 is 15.1 Å². The van der Waals surface area contributed by atoms with Gasteiger partial charge in [-0.3, -0.25) is 9.59 Å². The van der Waals surface area contributed by atoms with Crippen LogP contribution < -0.4 is 5.32 Å². The normalized spacial score (nSPS) is 15.2. The number of nitrogens with zero attached hydrogens (tertiary/aromatic N) is 2. The van der Waals surface area contributed by atoms with Crippen molar-refractivity contribution in [2.45, 2.75) is 25.7 Å². The first-order chi connectivity index (χ1) is 13.7. The van der Waals surface area contributed by atoms with Gasteiger partial charge in [-0.05, 0) is 49.4 Å². The Morgan fingerprint density at radius 3 is 2.64 bits per heavy atom. The molecule has 1 aliphatic rings. The van der Waals surface area contributed by atoms with Crippen LogP contribution in [0, 0.1) is 0 Å². The molecule has 2 heterocycles. The predicted octanol–water partition coefficient (Wildman–Crippen LogP) is 3.04. The molecule has 1 N–H and O–H groups in total. The zero-order chi connectivity index (χ0) is 19.6. The highest BCUT2D eigenvalue weighted by Crippen LogP contribution is 2.09. The highest BCUT2D eigenvalue weighted by atomic mass is 32.1. The molecule has 0 aliphatic carbocycles. The third-order valence-corrected chi connectivity index (χ3v) is 5.96. The highest BCUT2D eigenvalue weighted by Gasteiger charge is 2.19. The summed E-state index contributed by atoms with van der Waals surface area (Å²) in [6.07, 6.45) is 3.63. The standard InChI is InChI=1S/C22H29N3O2S/c26-21(11-12-23-22(27)20-10-5-18-28-20)25-15-6-14-24(16-17-25)13-4-9-19-7-2-1-3-8-19/h1-3,5,7-8,10,18H,4,6,9,11-17H2,(H,23,27). The van der Waals surface area contributed by atoms with E-state index in [9.17, 15) is 9.59 Å². The number of thiophene rings is 1. The Hall–Kier alpha value is -2.18. The van der Waals surface area contributed by atoms with Crippen LogP contribution in [0.1, 0.15) is 34.5 Å². The van der Waals surface area contributed by atoms with E-state index in [1.807, 2.05) is 16.3 Å². The molecule has 0 saturated carbocycles. The van der Waals surface area contributed by atoms with E-state index in [4.69, 9.17) is 0 Å². The van der Waals surface area contributed by atoms with Crippen LogP contribution in [0.4, 0.5) is 0 Å². The maximum absolute atomic E-state index is 12.5. The Kier molecular flexibility index (Phi) is 8.06. The number of benzene rings is 1. The second-order valence-electron chi connectivity index (χ2n) is 7.15. The molecule has 0 spiro atoms. The van der Waals surface area contributed by atoms with Crippen LogP contribution in [0.2, 0.25) is 0 Å². The van der Waals surface area contributed by atoms with E-state index in [0.29, 0.717) is 17.8 Å². The van der Waals surface area contributed by atoms with Gasteiger partial charge in [-0.15, -0.1) is 11.3 Å². The average Bonchev–Trinajstić information content (AvgIpc) is 3.15. The van der Waals surface area contributed by atoms with Crippen LogP contribution in [-0.2, 0) is 11.2 Å². The lowest BCUT2D eigenvalue weighted by Crippen LogP contribution is -2.37. The monoisotopic (exact) mass is 399 g/mol. The number of carbonyl (C=O) groups excluding carboxylic acids is 2. The quantitative estimate of drug-likeness (QED) is 0.742. The highest BCUT2D eigenvalue weighted by molar-refractivity contribution is 7.12. The summed E-state index contributed by atoms with van der Waals surface area (Å²) in [7, 11) is 0. The Labute approximate surface area is 171 Å². The largest absolute Gasteiger partial charge is 0.351 e. The minimum absolute atomic E-state index is 0.0942. The molecule has 150 valence electrons. The molecule has 6 heteroatoms. The summed E-state index contributed by atoms with van der Waals surface area (Å²) in [5, 5.41) is 4.71. The summed E-state index contributed by atoms with van der Waals surface area (Å²) in [6, 6.07) is 14.2. The summed E-state index contributed by atoms with van der Waals surface area (Å²) < 4.78 is 0. The average molecular weight is 400 g/mol. The van der Waals surface area contributed by atoms with Gasteiger partial charge in [-0.1, -0.05) is 36.4 Å². The molecular weight excluding hydrogens is 370 g/mol. The Balaban J connectivity index is 1.33. The van der Waals surface area contributed by atoms with Crippen molar-refractivity contribution in [2.24, 2.45) is 0 Å². The minimum atomic E-state index is -0.0942. The number of aryl methyl sites for hydroxylation is 1. The van der Waals surface area contributed by atoms with Gasteiger partial charge in [0.2, 0.25) is 5.91 Å². The van der Waals surface area contributed by atoms with E-state index in [0.717, 1.165) is 52.0 Å². The number of hydrogen-bond acceptors (Lipinski definition) is 4. The van der Waals surface area contributed by atoms with Crippen LogP contribution in [0.25, 0.3) is 0 Å². The summed E-state index contributed by atoms with van der Waals surface area (Å²) >= 11 is 1.41. The maximum atomic E-state index is 12.5. The fourth-order valence-electron chi connectivity index (χ4n) is 3.53. The van der Waals surface area contributed by atoms with E-state index in [1.54, 1.807) is 6.07 Å². The molecule has 2 aromatic rings. The number of rotatable bonds is 8. The van der Waals surface area contributed by atoms with Gasteiger partial charge in [0.25, 0.3) is 5.91 Å². The second-order valence-corrected chi connectivity index (χ2v) is 8.10. The van der Waals surface area contributed by atoms with Crippen molar-refractivity contribution >= 4 is 23.2 Å². The van der Waals surface area contributed by atoms with E-state index >= 15 is 0 Å². The zero-order valence-corrected chi connectivity index (χ0v) is 17.1. The first kappa shape index (κ1) is 20.6. The van der Waals surface area contributed by atoms with Crippen molar-refractivity contribution in [3.8, 4) is 0 Å². The molecule has 2 amide bonds. The lowest BCUT2D eigenvalue weighted by Gasteiger charge is -2.22. The van der Waals surface area contributed by atoms with E-state index < -0.39 is 0 Å². The molecule has 1 aliphatic heterocycles. The molecule has 5 nitrogen and oxygen atoms in total. The number of carbonyl (C=O) groups is 2. The van der Waals surface area contributed by atoms with Crippen molar-refractivity contribution in [1.29, 1.82) is 0 Å². The van der Waals surface area contributed by atoms with Crippen LogP contribution in [0.3, 0.4) is 0 Å². The molecular formula is C22H29N3O2S. The second kappa shape index (κ2) is 11.0. The van der Waals surface area contributed by atoms with Gasteiger partial charge in [0.15, 0.2) is 0 Å². The Bertz CT molecular complexity index is 734. The molecule has 1 saturated heterocycles. The number of hydrogen-bond donors (Lipinski definition) is 1. The van der Waals surface area contributed by atoms with Crippen LogP contribution >= 0.6 is 11.3 Å². The van der Waals surface area contributed by atoms with Crippen molar-refractivity contribution in [2.75, 3.05) is 39.3 Å². The third-order valence-electron chi connectivity index (χ3n) is 5.09. The molecule has 0 radical (unpaired) electrons. The summed E-state index contributed by atoms with van der Waals surface area (Å²) in [6.45, 7) is 5.05. The molecule has 1 fully saturated rings. The molecule has 0 atom stereocenters. The van der Waals surface area contributed by atoms with Gasteiger partial charge in [-0.2, -0.15) is 0 Å². The third kappa shape index (κ3) is 6.46. The van der Waals surface area contributed by atoms with Gasteiger partial charge in [0, 0.05) is 32.6 Å². The van der Waals surface area contributed by atoms with Crippen LogP contribution in [0.5, 0.6) is 0 Å². The summed E-state index contributed by atoms with van der Waals surface area (Å²) in [5.41, 5.74) is 1.39. The van der Waals surface area contributed by atoms with Crippen molar-refractivity contribution in [1.82, 2.24) is 15.1 Å². The fraction of sp³-hybridized carbons (Fsp3) is 0.455. The number of nitrogens with one attached hydrogen (secondary N) is 1. The van der Waals surface area contributed by atoms with Crippen molar-refractivity contribution in [3.05, 3.63) is 58.3 Å². The van der Waals surface area contributed by atoms with Crippen LogP contribution in [0.15, 0.2) is 47.8 Å². The molecule has 1 aromatic carbocycles. The summed E-state index contributed by atoms with van der Waals surface area (Å²) in [5.74, 6) is 0.0425. The summed E-state index contributed by atoms with van der Waals surface area (Å²) in [4.78, 5) is 29.5. The SMILES string of the molecule is O=C(NCCC(=O)N1CCCN(CCCc2ccccc2)CC1)c1cccs1. The number of amides is 2. The van der Waals surface area contributed by atoms with Gasteiger partial charge in [0.05, 0.1) is 4.88 Å².